The van der Waals surface area contributed by atoms with Crippen molar-refractivity contribution < 1.29 is 9.53 Å². The summed E-state index contributed by atoms with van der Waals surface area (Å²) in [5.74, 6) is 1.32. The number of para-hydroxylation sites is 1. The van der Waals surface area contributed by atoms with Crippen LogP contribution in [-0.4, -0.2) is 22.9 Å². The van der Waals surface area contributed by atoms with Crippen LogP contribution in [0, 0.1) is 0 Å². The number of nitrogens with zero attached hydrogens (tertiary/aromatic N) is 2. The smallest absolute Gasteiger partial charge is 0.254 e. The number of amides is 1. The average Bonchev–Trinajstić information content (AvgIpc) is 2.70. The van der Waals surface area contributed by atoms with Crippen LogP contribution in [0.2, 0.25) is 0 Å². The van der Waals surface area contributed by atoms with E-state index in [4.69, 9.17) is 4.74 Å². The zero-order valence-electron chi connectivity index (χ0n) is 15.9. The number of benzene rings is 2. The monoisotopic (exact) mass is 440 g/mol. The van der Waals surface area contributed by atoms with Gasteiger partial charge in [0.25, 0.3) is 5.91 Å². The van der Waals surface area contributed by atoms with Crippen LogP contribution in [0.1, 0.15) is 35.7 Å². The first-order chi connectivity index (χ1) is 13.5. The molecular weight excluding hydrogens is 420 g/mol. The molecule has 0 saturated heterocycles. The highest BCUT2D eigenvalue weighted by molar-refractivity contribution is 9.10. The fourth-order valence-corrected chi connectivity index (χ4v) is 2.84. The molecule has 0 unspecified atom stereocenters. The van der Waals surface area contributed by atoms with Crippen molar-refractivity contribution >= 4 is 33.5 Å². The summed E-state index contributed by atoms with van der Waals surface area (Å²) in [5, 5.41) is 5.80. The van der Waals surface area contributed by atoms with E-state index in [1.807, 2.05) is 12.1 Å². The van der Waals surface area contributed by atoms with Crippen LogP contribution >= 0.6 is 15.9 Å². The molecular formula is C21H21BrN4O2. The lowest BCUT2D eigenvalue weighted by atomic mass is 10.0. The highest BCUT2D eigenvalue weighted by Crippen LogP contribution is 2.31. The van der Waals surface area contributed by atoms with Crippen molar-refractivity contribution in [3.63, 3.8) is 0 Å². The van der Waals surface area contributed by atoms with Gasteiger partial charge in [0.1, 0.15) is 5.75 Å². The molecule has 144 valence electrons. The second kappa shape index (κ2) is 8.84. The van der Waals surface area contributed by atoms with Gasteiger partial charge < -0.3 is 15.4 Å². The van der Waals surface area contributed by atoms with Crippen LogP contribution in [0.5, 0.6) is 11.6 Å². The molecule has 0 saturated carbocycles. The number of nitrogens with one attached hydrogen (secondary N) is 2. The molecule has 0 spiro atoms. The van der Waals surface area contributed by atoms with Crippen molar-refractivity contribution in [2.75, 3.05) is 12.4 Å². The molecule has 2 aromatic carbocycles. The quantitative estimate of drug-likeness (QED) is 0.546. The van der Waals surface area contributed by atoms with E-state index in [0.29, 0.717) is 33.5 Å². The molecule has 1 aromatic heterocycles. The van der Waals surface area contributed by atoms with E-state index >= 15 is 0 Å². The number of carbonyl (C=O) groups excluding carboxylic acids is 1. The van der Waals surface area contributed by atoms with E-state index in [1.165, 1.54) is 5.56 Å². The van der Waals surface area contributed by atoms with Crippen LogP contribution in [0.25, 0.3) is 0 Å². The van der Waals surface area contributed by atoms with Crippen LogP contribution < -0.4 is 15.4 Å². The van der Waals surface area contributed by atoms with Gasteiger partial charge in [0, 0.05) is 12.7 Å². The number of carbonyl (C=O) groups is 1. The Morgan fingerprint density at radius 2 is 1.93 bits per heavy atom. The van der Waals surface area contributed by atoms with E-state index in [0.717, 1.165) is 5.69 Å². The Morgan fingerprint density at radius 1 is 1.14 bits per heavy atom. The number of rotatable bonds is 6. The minimum atomic E-state index is -0.232. The molecule has 1 heterocycles. The Bertz CT molecular complexity index is 992. The molecule has 3 aromatic rings. The molecule has 7 heteroatoms. The molecule has 0 fully saturated rings. The first-order valence-corrected chi connectivity index (χ1v) is 9.65. The van der Waals surface area contributed by atoms with Crippen LogP contribution in [0.4, 0.5) is 11.6 Å². The van der Waals surface area contributed by atoms with E-state index in [-0.39, 0.29) is 5.91 Å². The van der Waals surface area contributed by atoms with Crippen molar-refractivity contribution in [1.29, 1.82) is 0 Å². The predicted octanol–water partition coefficient (Wildman–Crippen LogP) is 5.26. The number of ether oxygens (including phenoxy) is 1. The average molecular weight is 441 g/mol. The van der Waals surface area contributed by atoms with Gasteiger partial charge in [0.15, 0.2) is 0 Å². The first kappa shape index (κ1) is 19.8. The molecule has 0 aliphatic carbocycles. The number of aromatic nitrogens is 2. The largest absolute Gasteiger partial charge is 0.437 e. The predicted molar refractivity (Wildman–Crippen MR) is 113 cm³/mol. The minimum absolute atomic E-state index is 0.232. The van der Waals surface area contributed by atoms with Gasteiger partial charge in [-0.15, -0.1) is 0 Å². The lowest BCUT2D eigenvalue weighted by Gasteiger charge is -2.13. The van der Waals surface area contributed by atoms with Crippen LogP contribution in [-0.2, 0) is 0 Å². The molecule has 0 bridgehead atoms. The third-order valence-electron chi connectivity index (χ3n) is 4.09. The molecule has 3 rings (SSSR count). The van der Waals surface area contributed by atoms with Gasteiger partial charge in [-0.1, -0.05) is 38.1 Å². The minimum Gasteiger partial charge on any atom is -0.437 e. The van der Waals surface area contributed by atoms with Crippen LogP contribution in [0.3, 0.4) is 0 Å². The fourth-order valence-electron chi connectivity index (χ4n) is 2.57. The van der Waals surface area contributed by atoms with Crippen molar-refractivity contribution in [3.05, 3.63) is 70.3 Å². The van der Waals surface area contributed by atoms with Gasteiger partial charge in [-0.05, 0) is 51.7 Å². The molecule has 2 N–H and O–H groups in total. The standard InChI is InChI=1S/C21H21BrN4O2/c1-13(2)14-7-6-8-15(11-14)25-21-24-12-17(22)20(26-21)28-18-10-5-4-9-16(18)19(27)23-3/h4-13H,1-3H3,(H,23,27)(H,24,25,26). The van der Waals surface area contributed by atoms with Crippen molar-refractivity contribution in [2.45, 2.75) is 19.8 Å². The number of hydrogen-bond donors (Lipinski definition) is 2. The Kier molecular flexibility index (Phi) is 6.26. The summed E-state index contributed by atoms with van der Waals surface area (Å²) < 4.78 is 6.49. The van der Waals surface area contributed by atoms with Gasteiger partial charge in [-0.3, -0.25) is 4.79 Å². The summed E-state index contributed by atoms with van der Waals surface area (Å²) >= 11 is 3.40. The fraction of sp³-hybridized carbons (Fsp3) is 0.190. The molecule has 0 atom stereocenters. The lowest BCUT2D eigenvalue weighted by molar-refractivity contribution is 0.0960. The number of halogens is 1. The molecule has 28 heavy (non-hydrogen) atoms. The Balaban J connectivity index is 1.87. The number of anilines is 2. The highest BCUT2D eigenvalue weighted by Gasteiger charge is 2.14. The normalized spacial score (nSPS) is 10.6. The maximum Gasteiger partial charge on any atom is 0.254 e. The maximum absolute atomic E-state index is 12.1. The van der Waals surface area contributed by atoms with Gasteiger partial charge >= 0.3 is 0 Å². The second-order valence-corrected chi connectivity index (χ2v) is 7.28. The SMILES string of the molecule is CNC(=O)c1ccccc1Oc1nc(Nc2cccc(C(C)C)c2)ncc1Br. The summed E-state index contributed by atoms with van der Waals surface area (Å²) in [7, 11) is 1.58. The van der Waals surface area contributed by atoms with Crippen LogP contribution in [0.15, 0.2) is 59.2 Å². The van der Waals surface area contributed by atoms with Gasteiger partial charge in [-0.2, -0.15) is 4.98 Å². The zero-order valence-corrected chi connectivity index (χ0v) is 17.4. The lowest BCUT2D eigenvalue weighted by Crippen LogP contribution is -2.18. The summed E-state index contributed by atoms with van der Waals surface area (Å²) in [4.78, 5) is 20.8. The Morgan fingerprint density at radius 3 is 2.68 bits per heavy atom. The molecule has 0 aliphatic heterocycles. The number of hydrogen-bond acceptors (Lipinski definition) is 5. The summed E-state index contributed by atoms with van der Waals surface area (Å²) in [6, 6.07) is 15.1. The third kappa shape index (κ3) is 4.67. The van der Waals surface area contributed by atoms with Crippen molar-refractivity contribution in [2.24, 2.45) is 0 Å². The summed E-state index contributed by atoms with van der Waals surface area (Å²) in [6.45, 7) is 4.29. The maximum atomic E-state index is 12.1. The third-order valence-corrected chi connectivity index (χ3v) is 4.63. The topological polar surface area (TPSA) is 76.1 Å². The van der Waals surface area contributed by atoms with Crippen molar-refractivity contribution in [3.8, 4) is 11.6 Å². The Labute approximate surface area is 172 Å². The summed E-state index contributed by atoms with van der Waals surface area (Å²) in [5.41, 5.74) is 2.54. The Hall–Kier alpha value is -2.93. The van der Waals surface area contributed by atoms with Gasteiger partial charge in [-0.25, -0.2) is 4.98 Å². The van der Waals surface area contributed by atoms with Crippen molar-refractivity contribution in [1.82, 2.24) is 15.3 Å². The second-order valence-electron chi connectivity index (χ2n) is 6.43. The van der Waals surface area contributed by atoms with E-state index in [9.17, 15) is 4.79 Å². The molecule has 0 aliphatic rings. The zero-order chi connectivity index (χ0) is 20.1. The van der Waals surface area contributed by atoms with Gasteiger partial charge in [0.05, 0.1) is 16.2 Å². The summed E-state index contributed by atoms with van der Waals surface area (Å²) in [6.07, 6.45) is 1.61. The molecule has 1 amide bonds. The highest BCUT2D eigenvalue weighted by atomic mass is 79.9. The van der Waals surface area contributed by atoms with E-state index < -0.39 is 0 Å². The van der Waals surface area contributed by atoms with E-state index in [1.54, 1.807) is 37.5 Å². The van der Waals surface area contributed by atoms with E-state index in [2.05, 4.69) is 62.5 Å². The van der Waals surface area contributed by atoms with Gasteiger partial charge in [0.2, 0.25) is 11.8 Å². The first-order valence-electron chi connectivity index (χ1n) is 8.86. The molecule has 6 nitrogen and oxygen atoms in total. The molecule has 0 radical (unpaired) electrons.